The molecule has 0 bridgehead atoms. The van der Waals surface area contributed by atoms with Crippen molar-refractivity contribution in [3.63, 3.8) is 0 Å². The summed E-state index contributed by atoms with van der Waals surface area (Å²) in [7, 11) is 1.92. The zero-order valence-electron chi connectivity index (χ0n) is 12.6. The molecule has 1 saturated heterocycles. The lowest BCUT2D eigenvalue weighted by molar-refractivity contribution is -0.131. The van der Waals surface area contributed by atoms with E-state index in [0.29, 0.717) is 0 Å². The molecule has 1 amide bonds. The van der Waals surface area contributed by atoms with Gasteiger partial charge in [-0.1, -0.05) is 18.2 Å². The second-order valence-electron chi connectivity index (χ2n) is 6.06. The number of aryl methyl sites for hydroxylation is 1. The first-order valence-corrected chi connectivity index (χ1v) is 8.64. The Bertz CT molecular complexity index is 686. The number of nitrogens with zero attached hydrogens (tertiary/aromatic N) is 3. The Morgan fingerprint density at radius 2 is 2.23 bits per heavy atom. The minimum absolute atomic E-state index is 0.0367. The van der Waals surface area contributed by atoms with Crippen molar-refractivity contribution in [2.45, 2.75) is 35.4 Å². The van der Waals surface area contributed by atoms with E-state index < -0.39 is 0 Å². The van der Waals surface area contributed by atoms with Crippen molar-refractivity contribution >= 4 is 17.7 Å². The van der Waals surface area contributed by atoms with Gasteiger partial charge in [-0.3, -0.25) is 9.48 Å². The summed E-state index contributed by atoms with van der Waals surface area (Å²) in [4.78, 5) is 16.3. The van der Waals surface area contributed by atoms with Gasteiger partial charge in [-0.15, -0.1) is 11.8 Å². The normalized spacial score (nSPS) is 23.8. The van der Waals surface area contributed by atoms with Gasteiger partial charge in [0.2, 0.25) is 5.91 Å². The zero-order chi connectivity index (χ0) is 15.1. The van der Waals surface area contributed by atoms with Crippen LogP contribution in [0, 0.1) is 0 Å². The highest BCUT2D eigenvalue weighted by molar-refractivity contribution is 8.01. The number of benzene rings is 1. The van der Waals surface area contributed by atoms with E-state index in [1.54, 1.807) is 11.8 Å². The molecule has 0 unspecified atom stereocenters. The van der Waals surface area contributed by atoms with Gasteiger partial charge in [0.1, 0.15) is 0 Å². The van der Waals surface area contributed by atoms with E-state index in [4.69, 9.17) is 0 Å². The maximum Gasteiger partial charge on any atom is 0.236 e. The molecule has 0 spiro atoms. The molecule has 1 fully saturated rings. The molecule has 0 saturated carbocycles. The first-order chi connectivity index (χ1) is 10.7. The van der Waals surface area contributed by atoms with Crippen molar-refractivity contribution in [3.05, 3.63) is 47.8 Å². The molecule has 2 aliphatic rings. The number of rotatable bonds is 2. The summed E-state index contributed by atoms with van der Waals surface area (Å²) in [6.07, 6.45) is 6.91. The number of thioether (sulfide) groups is 1. The van der Waals surface area contributed by atoms with Gasteiger partial charge in [-0.05, 0) is 30.9 Å². The van der Waals surface area contributed by atoms with Gasteiger partial charge < -0.3 is 4.90 Å². The molecular formula is C17H19N3OS. The van der Waals surface area contributed by atoms with E-state index in [-0.39, 0.29) is 17.2 Å². The van der Waals surface area contributed by atoms with Gasteiger partial charge in [0, 0.05) is 30.2 Å². The molecule has 22 heavy (non-hydrogen) atoms. The lowest BCUT2D eigenvalue weighted by Gasteiger charge is -2.26. The highest BCUT2D eigenvalue weighted by atomic mass is 32.2. The van der Waals surface area contributed by atoms with E-state index in [9.17, 15) is 4.79 Å². The van der Waals surface area contributed by atoms with Crippen LogP contribution in [0.2, 0.25) is 0 Å². The fraction of sp³-hybridized carbons (Fsp3) is 0.412. The summed E-state index contributed by atoms with van der Waals surface area (Å²) < 4.78 is 1.82. The Labute approximate surface area is 134 Å². The lowest BCUT2D eigenvalue weighted by Crippen LogP contribution is -2.37. The lowest BCUT2D eigenvalue weighted by atomic mass is 10.1. The number of likely N-dealkylation sites (tertiary alicyclic amines) is 1. The molecule has 114 valence electrons. The summed E-state index contributed by atoms with van der Waals surface area (Å²) in [5.74, 6) is 0.285. The molecule has 2 aromatic rings. The van der Waals surface area contributed by atoms with E-state index in [1.165, 1.54) is 10.5 Å². The monoisotopic (exact) mass is 313 g/mol. The molecule has 1 aromatic heterocycles. The van der Waals surface area contributed by atoms with Crippen LogP contribution in [-0.4, -0.2) is 32.4 Å². The van der Waals surface area contributed by atoms with Gasteiger partial charge in [0.15, 0.2) is 0 Å². The smallest absolute Gasteiger partial charge is 0.236 e. The van der Waals surface area contributed by atoms with Crippen molar-refractivity contribution in [1.82, 2.24) is 14.7 Å². The summed E-state index contributed by atoms with van der Waals surface area (Å²) in [5.41, 5.74) is 2.47. The topological polar surface area (TPSA) is 38.1 Å². The van der Waals surface area contributed by atoms with Gasteiger partial charge in [-0.2, -0.15) is 5.10 Å². The molecule has 4 rings (SSSR count). The number of hydrogen-bond donors (Lipinski definition) is 0. The van der Waals surface area contributed by atoms with Crippen molar-refractivity contribution in [1.29, 1.82) is 0 Å². The number of hydrogen-bond acceptors (Lipinski definition) is 3. The largest absolute Gasteiger partial charge is 0.335 e. The Balaban J connectivity index is 1.53. The van der Waals surface area contributed by atoms with Crippen LogP contribution in [0.25, 0.3) is 0 Å². The second-order valence-corrected chi connectivity index (χ2v) is 7.30. The fourth-order valence-corrected chi connectivity index (χ4v) is 4.76. The number of amides is 1. The highest BCUT2D eigenvalue weighted by Gasteiger charge is 2.37. The first kappa shape index (κ1) is 13.9. The summed E-state index contributed by atoms with van der Waals surface area (Å²) in [6, 6.07) is 8.56. The molecular weight excluding hydrogens is 294 g/mol. The standard InChI is InChI=1S/C17H19N3OS/c1-19-11-13(10-18-19)14-6-4-8-20(14)17(21)16-9-12-5-2-3-7-15(12)22-16/h2-3,5,7,10-11,14,16H,4,6,8-9H2,1H3/t14-,16-/m0/s1. The molecule has 5 heteroatoms. The Hall–Kier alpha value is -1.75. The number of carbonyl (C=O) groups is 1. The minimum atomic E-state index is 0.0367. The van der Waals surface area contributed by atoms with Gasteiger partial charge >= 0.3 is 0 Å². The number of aromatic nitrogens is 2. The van der Waals surface area contributed by atoms with E-state index in [0.717, 1.165) is 31.4 Å². The zero-order valence-corrected chi connectivity index (χ0v) is 13.4. The summed E-state index contributed by atoms with van der Waals surface area (Å²) in [6.45, 7) is 0.867. The van der Waals surface area contributed by atoms with E-state index in [1.807, 2.05) is 30.2 Å². The Kier molecular flexibility index (Phi) is 3.45. The molecule has 3 heterocycles. The van der Waals surface area contributed by atoms with E-state index in [2.05, 4.69) is 28.2 Å². The van der Waals surface area contributed by atoms with Gasteiger partial charge in [0.05, 0.1) is 17.5 Å². The highest BCUT2D eigenvalue weighted by Crippen LogP contribution is 2.40. The Morgan fingerprint density at radius 3 is 3.00 bits per heavy atom. The second kappa shape index (κ2) is 5.47. The molecule has 0 N–H and O–H groups in total. The number of fused-ring (bicyclic) bond motifs is 1. The van der Waals surface area contributed by atoms with Crippen LogP contribution in [0.15, 0.2) is 41.6 Å². The summed E-state index contributed by atoms with van der Waals surface area (Å²) in [5, 5.41) is 4.30. The third kappa shape index (κ3) is 2.33. The Morgan fingerprint density at radius 1 is 1.36 bits per heavy atom. The van der Waals surface area contributed by atoms with Gasteiger partial charge in [-0.25, -0.2) is 0 Å². The molecule has 1 aromatic carbocycles. The first-order valence-electron chi connectivity index (χ1n) is 7.76. The van der Waals surface area contributed by atoms with Crippen molar-refractivity contribution in [2.24, 2.45) is 7.05 Å². The fourth-order valence-electron chi connectivity index (χ4n) is 3.49. The predicted octanol–water partition coefficient (Wildman–Crippen LogP) is 2.80. The van der Waals surface area contributed by atoms with Gasteiger partial charge in [0.25, 0.3) is 0 Å². The van der Waals surface area contributed by atoms with E-state index >= 15 is 0 Å². The molecule has 2 atom stereocenters. The maximum atomic E-state index is 13.0. The van der Waals surface area contributed by atoms with Crippen LogP contribution in [-0.2, 0) is 18.3 Å². The van der Waals surface area contributed by atoms with Crippen LogP contribution < -0.4 is 0 Å². The van der Waals surface area contributed by atoms with Crippen LogP contribution >= 0.6 is 11.8 Å². The van der Waals surface area contributed by atoms with Crippen molar-refractivity contribution < 1.29 is 4.79 Å². The van der Waals surface area contributed by atoms with Crippen molar-refractivity contribution in [2.75, 3.05) is 6.54 Å². The quantitative estimate of drug-likeness (QED) is 0.856. The predicted molar refractivity (Wildman–Crippen MR) is 86.7 cm³/mol. The average molecular weight is 313 g/mol. The molecule has 0 aliphatic carbocycles. The molecule has 0 radical (unpaired) electrons. The van der Waals surface area contributed by atoms with Crippen molar-refractivity contribution in [3.8, 4) is 0 Å². The summed E-state index contributed by atoms with van der Waals surface area (Å²) >= 11 is 1.72. The molecule has 2 aliphatic heterocycles. The maximum absolute atomic E-state index is 13.0. The minimum Gasteiger partial charge on any atom is -0.335 e. The van der Waals surface area contributed by atoms with Crippen LogP contribution in [0.4, 0.5) is 0 Å². The van der Waals surface area contributed by atoms with Crippen LogP contribution in [0.1, 0.15) is 30.0 Å². The third-order valence-corrected chi connectivity index (χ3v) is 5.87. The average Bonchev–Trinajstić information content (AvgIpc) is 3.24. The number of carbonyl (C=O) groups excluding carboxylic acids is 1. The van der Waals surface area contributed by atoms with Crippen LogP contribution in [0.3, 0.4) is 0 Å². The molecule has 4 nitrogen and oxygen atoms in total. The third-order valence-electron chi connectivity index (χ3n) is 4.57. The SMILES string of the molecule is Cn1cc([C@@H]2CCCN2C(=O)[C@@H]2Cc3ccccc3S2)cn1. The van der Waals surface area contributed by atoms with Crippen LogP contribution in [0.5, 0.6) is 0 Å².